The number of rotatable bonds is 5. The Labute approximate surface area is 140 Å². The maximum absolute atomic E-state index is 10.5. The van der Waals surface area contributed by atoms with Crippen molar-refractivity contribution in [2.75, 3.05) is 20.2 Å². The second-order valence-corrected chi connectivity index (χ2v) is 6.17. The monoisotopic (exact) mass is 340 g/mol. The molecular formula is C16H24N2O6. The van der Waals surface area contributed by atoms with E-state index in [-0.39, 0.29) is 6.23 Å². The van der Waals surface area contributed by atoms with Crippen molar-refractivity contribution in [2.24, 2.45) is 0 Å². The van der Waals surface area contributed by atoms with Gasteiger partial charge in [0.25, 0.3) is 0 Å². The molecule has 0 aliphatic carbocycles. The Morgan fingerprint density at radius 1 is 1.33 bits per heavy atom. The molecule has 3 rings (SSSR count). The minimum absolute atomic E-state index is 0.177. The van der Waals surface area contributed by atoms with Crippen LogP contribution in [0.1, 0.15) is 12.8 Å². The summed E-state index contributed by atoms with van der Waals surface area (Å²) in [6, 6.07) is 5.15. The first-order valence-electron chi connectivity index (χ1n) is 8.16. The molecule has 0 aromatic carbocycles. The summed E-state index contributed by atoms with van der Waals surface area (Å²) in [6.45, 7) is 0.483. The molecule has 2 aliphatic heterocycles. The number of hydrogen-bond donors (Lipinski definition) is 3. The standard InChI is InChI=1S/C16H24N2O6/c1-18-8-4-6-12(18)24-14-13(20)10(9-19)22-16(21)15(14)23-11-5-2-3-7-17-11/h2-3,5,7,10,12-16,19-21H,4,6,8-9H2,1H3/t10-,12?,13-,14+,15-,16-/m1/s1. The van der Waals surface area contributed by atoms with Gasteiger partial charge < -0.3 is 29.5 Å². The maximum atomic E-state index is 10.5. The van der Waals surface area contributed by atoms with Crippen LogP contribution in [0.2, 0.25) is 0 Å². The molecule has 1 aromatic heterocycles. The third kappa shape index (κ3) is 3.69. The van der Waals surface area contributed by atoms with E-state index >= 15 is 0 Å². The molecule has 2 saturated heterocycles. The highest BCUT2D eigenvalue weighted by atomic mass is 16.7. The van der Waals surface area contributed by atoms with Gasteiger partial charge >= 0.3 is 0 Å². The van der Waals surface area contributed by atoms with Gasteiger partial charge in [0.2, 0.25) is 5.88 Å². The third-order valence-electron chi connectivity index (χ3n) is 4.48. The molecule has 8 heteroatoms. The topological polar surface area (TPSA) is 105 Å². The minimum atomic E-state index is -1.34. The fourth-order valence-corrected chi connectivity index (χ4v) is 3.13. The fourth-order valence-electron chi connectivity index (χ4n) is 3.13. The van der Waals surface area contributed by atoms with E-state index in [1.165, 1.54) is 0 Å². The number of aliphatic hydroxyl groups excluding tert-OH is 3. The smallest absolute Gasteiger partial charge is 0.213 e. The SMILES string of the molecule is CN1CCCC1O[C@H]1[C@H](O)[C@@H](CO)O[C@@H](O)[C@@H]1Oc1ccccn1. The number of nitrogens with zero attached hydrogens (tertiary/aromatic N) is 2. The number of pyridine rings is 1. The van der Waals surface area contributed by atoms with Gasteiger partial charge in [-0.1, -0.05) is 6.07 Å². The van der Waals surface area contributed by atoms with Gasteiger partial charge in [-0.2, -0.15) is 0 Å². The molecule has 6 atom stereocenters. The zero-order chi connectivity index (χ0) is 17.1. The van der Waals surface area contributed by atoms with Crippen molar-refractivity contribution in [2.45, 2.75) is 49.8 Å². The molecule has 3 N–H and O–H groups in total. The average molecular weight is 340 g/mol. The summed E-state index contributed by atoms with van der Waals surface area (Å²) < 4.78 is 17.0. The van der Waals surface area contributed by atoms with E-state index in [9.17, 15) is 15.3 Å². The number of likely N-dealkylation sites (tertiary alicyclic amines) is 1. The fraction of sp³-hybridized carbons (Fsp3) is 0.688. The molecule has 3 heterocycles. The molecule has 0 bridgehead atoms. The summed E-state index contributed by atoms with van der Waals surface area (Å²) in [4.78, 5) is 6.11. The van der Waals surface area contributed by atoms with E-state index < -0.39 is 37.3 Å². The molecule has 134 valence electrons. The van der Waals surface area contributed by atoms with Gasteiger partial charge in [0, 0.05) is 18.8 Å². The van der Waals surface area contributed by atoms with Gasteiger partial charge in [-0.05, 0) is 26.0 Å². The number of ether oxygens (including phenoxy) is 3. The van der Waals surface area contributed by atoms with Crippen LogP contribution in [0.4, 0.5) is 0 Å². The van der Waals surface area contributed by atoms with Crippen LogP contribution in [0, 0.1) is 0 Å². The van der Waals surface area contributed by atoms with Crippen molar-refractivity contribution < 1.29 is 29.5 Å². The Kier molecular flexibility index (Phi) is 5.65. The van der Waals surface area contributed by atoms with E-state index in [4.69, 9.17) is 14.2 Å². The van der Waals surface area contributed by atoms with E-state index in [1.807, 2.05) is 11.9 Å². The van der Waals surface area contributed by atoms with Gasteiger partial charge in [-0.3, -0.25) is 4.90 Å². The molecule has 2 fully saturated rings. The summed E-state index contributed by atoms with van der Waals surface area (Å²) in [5.41, 5.74) is 0. The van der Waals surface area contributed by atoms with Crippen LogP contribution in [0.5, 0.6) is 5.88 Å². The van der Waals surface area contributed by atoms with Gasteiger partial charge in [0.05, 0.1) is 6.61 Å². The molecule has 0 saturated carbocycles. The quantitative estimate of drug-likeness (QED) is 0.649. The Hall–Kier alpha value is -1.29. The molecule has 24 heavy (non-hydrogen) atoms. The van der Waals surface area contributed by atoms with E-state index in [0.29, 0.717) is 5.88 Å². The van der Waals surface area contributed by atoms with Crippen LogP contribution in [-0.4, -0.2) is 82.3 Å². The van der Waals surface area contributed by atoms with Crippen molar-refractivity contribution in [3.63, 3.8) is 0 Å². The Morgan fingerprint density at radius 2 is 2.17 bits per heavy atom. The number of hydrogen-bond acceptors (Lipinski definition) is 8. The molecule has 8 nitrogen and oxygen atoms in total. The molecule has 2 aliphatic rings. The van der Waals surface area contributed by atoms with Crippen LogP contribution in [0.15, 0.2) is 24.4 Å². The Balaban J connectivity index is 1.78. The predicted octanol–water partition coefficient (Wildman–Crippen LogP) is -0.664. The van der Waals surface area contributed by atoms with Crippen LogP contribution in [0.3, 0.4) is 0 Å². The number of aliphatic hydroxyl groups is 3. The van der Waals surface area contributed by atoms with Crippen molar-refractivity contribution >= 4 is 0 Å². The Bertz CT molecular complexity index is 519. The van der Waals surface area contributed by atoms with E-state index in [2.05, 4.69) is 4.98 Å². The lowest BCUT2D eigenvalue weighted by Crippen LogP contribution is -2.62. The first-order valence-corrected chi connectivity index (χ1v) is 8.16. The van der Waals surface area contributed by atoms with Crippen LogP contribution >= 0.6 is 0 Å². The van der Waals surface area contributed by atoms with Crippen molar-refractivity contribution in [1.82, 2.24) is 9.88 Å². The molecule has 0 amide bonds. The second-order valence-electron chi connectivity index (χ2n) is 6.17. The lowest BCUT2D eigenvalue weighted by molar-refractivity contribution is -0.300. The largest absolute Gasteiger partial charge is 0.466 e. The minimum Gasteiger partial charge on any atom is -0.466 e. The lowest BCUT2D eigenvalue weighted by atomic mass is 9.98. The first kappa shape index (κ1) is 17.5. The highest BCUT2D eigenvalue weighted by molar-refractivity contribution is 5.11. The van der Waals surface area contributed by atoms with E-state index in [0.717, 1.165) is 19.4 Å². The highest BCUT2D eigenvalue weighted by Gasteiger charge is 2.48. The normalized spacial score (nSPS) is 37.5. The van der Waals surface area contributed by atoms with Crippen LogP contribution < -0.4 is 4.74 Å². The lowest BCUT2D eigenvalue weighted by Gasteiger charge is -2.43. The van der Waals surface area contributed by atoms with Gasteiger partial charge in [-0.25, -0.2) is 4.98 Å². The second kappa shape index (κ2) is 7.73. The third-order valence-corrected chi connectivity index (χ3v) is 4.48. The maximum Gasteiger partial charge on any atom is 0.213 e. The zero-order valence-corrected chi connectivity index (χ0v) is 13.6. The van der Waals surface area contributed by atoms with Crippen LogP contribution in [-0.2, 0) is 9.47 Å². The van der Waals surface area contributed by atoms with E-state index in [1.54, 1.807) is 24.4 Å². The zero-order valence-electron chi connectivity index (χ0n) is 13.6. The molecule has 0 radical (unpaired) electrons. The summed E-state index contributed by atoms with van der Waals surface area (Å²) in [7, 11) is 1.94. The molecule has 0 spiro atoms. The van der Waals surface area contributed by atoms with Gasteiger partial charge in [0.15, 0.2) is 12.4 Å². The summed E-state index contributed by atoms with van der Waals surface area (Å²) in [6.07, 6.45) is -1.98. The average Bonchev–Trinajstić information content (AvgIpc) is 2.99. The van der Waals surface area contributed by atoms with Crippen molar-refractivity contribution in [3.05, 3.63) is 24.4 Å². The Morgan fingerprint density at radius 3 is 2.79 bits per heavy atom. The molecule has 1 unspecified atom stereocenters. The van der Waals surface area contributed by atoms with Crippen LogP contribution in [0.25, 0.3) is 0 Å². The van der Waals surface area contributed by atoms with Crippen molar-refractivity contribution in [3.8, 4) is 5.88 Å². The van der Waals surface area contributed by atoms with Gasteiger partial charge in [-0.15, -0.1) is 0 Å². The first-order chi connectivity index (χ1) is 11.6. The highest BCUT2D eigenvalue weighted by Crippen LogP contribution is 2.29. The summed E-state index contributed by atoms with van der Waals surface area (Å²) >= 11 is 0. The summed E-state index contributed by atoms with van der Waals surface area (Å²) in [5, 5.41) is 30.1. The molecule has 1 aromatic rings. The van der Waals surface area contributed by atoms with Gasteiger partial charge in [0.1, 0.15) is 24.5 Å². The number of aromatic nitrogens is 1. The molecular weight excluding hydrogens is 316 g/mol. The summed E-state index contributed by atoms with van der Waals surface area (Å²) in [5.74, 6) is 0.299. The van der Waals surface area contributed by atoms with Crippen molar-refractivity contribution in [1.29, 1.82) is 0 Å². The predicted molar refractivity (Wildman–Crippen MR) is 83.2 cm³/mol.